The molecule has 3 heteroatoms. The molecule has 0 fully saturated rings. The van der Waals surface area contributed by atoms with Crippen molar-refractivity contribution in [3.8, 4) is 5.75 Å². The first-order chi connectivity index (χ1) is 11.3. The molecule has 4 aromatic rings. The minimum absolute atomic E-state index is 0.205. The van der Waals surface area contributed by atoms with Crippen LogP contribution in [0.5, 0.6) is 5.75 Å². The van der Waals surface area contributed by atoms with Crippen molar-refractivity contribution in [2.24, 2.45) is 0 Å². The summed E-state index contributed by atoms with van der Waals surface area (Å²) in [5.74, 6) is 0.205. The van der Waals surface area contributed by atoms with Crippen LogP contribution in [0.15, 0.2) is 72.9 Å². The predicted molar refractivity (Wildman–Crippen MR) is 94.7 cm³/mol. The van der Waals surface area contributed by atoms with E-state index in [9.17, 15) is 5.11 Å². The first-order valence-corrected chi connectivity index (χ1v) is 7.60. The number of hydrogen-bond acceptors (Lipinski definition) is 3. The van der Waals surface area contributed by atoms with Gasteiger partial charge in [0.25, 0.3) is 0 Å². The molecule has 0 spiro atoms. The molecule has 0 saturated carbocycles. The van der Waals surface area contributed by atoms with E-state index < -0.39 is 0 Å². The molecule has 3 aromatic carbocycles. The predicted octanol–water partition coefficient (Wildman–Crippen LogP) is 4.71. The Morgan fingerprint density at radius 3 is 2.61 bits per heavy atom. The molecule has 0 aliphatic carbocycles. The van der Waals surface area contributed by atoms with Gasteiger partial charge < -0.3 is 10.4 Å². The van der Waals surface area contributed by atoms with E-state index in [1.165, 1.54) is 16.3 Å². The summed E-state index contributed by atoms with van der Waals surface area (Å²) in [6, 6.07) is 22.1. The van der Waals surface area contributed by atoms with Crippen LogP contribution in [-0.4, -0.2) is 10.1 Å². The molecule has 1 aromatic heterocycles. The van der Waals surface area contributed by atoms with Crippen molar-refractivity contribution in [1.29, 1.82) is 0 Å². The summed E-state index contributed by atoms with van der Waals surface area (Å²) in [7, 11) is 0. The van der Waals surface area contributed by atoms with Crippen LogP contribution >= 0.6 is 0 Å². The second-order valence-electron chi connectivity index (χ2n) is 5.52. The van der Waals surface area contributed by atoms with Crippen LogP contribution in [-0.2, 0) is 6.54 Å². The topological polar surface area (TPSA) is 45.1 Å². The van der Waals surface area contributed by atoms with Gasteiger partial charge in [0.1, 0.15) is 11.3 Å². The van der Waals surface area contributed by atoms with Gasteiger partial charge in [-0.1, -0.05) is 42.5 Å². The van der Waals surface area contributed by atoms with E-state index >= 15 is 0 Å². The summed E-state index contributed by atoms with van der Waals surface area (Å²) < 4.78 is 0. The lowest BCUT2D eigenvalue weighted by molar-refractivity contribution is 0.480. The third-order valence-electron chi connectivity index (χ3n) is 4.10. The molecule has 0 unspecified atom stereocenters. The number of fused-ring (bicyclic) bond motifs is 2. The van der Waals surface area contributed by atoms with Crippen molar-refractivity contribution in [2.45, 2.75) is 6.54 Å². The van der Waals surface area contributed by atoms with Crippen molar-refractivity contribution in [3.05, 3.63) is 78.5 Å². The molecule has 0 aliphatic rings. The molecule has 0 radical (unpaired) electrons. The normalized spacial score (nSPS) is 11.0. The maximum atomic E-state index is 9.93. The second-order valence-corrected chi connectivity index (χ2v) is 5.52. The summed E-state index contributed by atoms with van der Waals surface area (Å²) >= 11 is 0. The van der Waals surface area contributed by atoms with Gasteiger partial charge in [0.2, 0.25) is 0 Å². The number of benzene rings is 3. The van der Waals surface area contributed by atoms with Gasteiger partial charge >= 0.3 is 0 Å². The van der Waals surface area contributed by atoms with Crippen LogP contribution in [0.1, 0.15) is 5.56 Å². The molecule has 0 aliphatic heterocycles. The number of hydrogen-bond donors (Lipinski definition) is 2. The van der Waals surface area contributed by atoms with Gasteiger partial charge in [0, 0.05) is 23.8 Å². The lowest BCUT2D eigenvalue weighted by atomic mass is 10.0. The first kappa shape index (κ1) is 13.6. The number of phenols is 1. The Balaban J connectivity index is 1.71. The Hall–Kier alpha value is -3.07. The summed E-state index contributed by atoms with van der Waals surface area (Å²) in [5.41, 5.74) is 2.84. The fraction of sp³-hybridized carbons (Fsp3) is 0.0500. The second kappa shape index (κ2) is 5.61. The molecular formula is C20H16N2O. The Morgan fingerprint density at radius 2 is 1.65 bits per heavy atom. The molecule has 0 atom stereocenters. The van der Waals surface area contributed by atoms with E-state index in [0.717, 1.165) is 17.6 Å². The van der Waals surface area contributed by atoms with E-state index in [1.54, 1.807) is 12.3 Å². The number of nitrogens with zero attached hydrogens (tertiary/aromatic N) is 1. The first-order valence-electron chi connectivity index (χ1n) is 7.60. The molecule has 0 amide bonds. The van der Waals surface area contributed by atoms with Crippen molar-refractivity contribution >= 4 is 27.4 Å². The monoisotopic (exact) mass is 300 g/mol. The number of aromatic nitrogens is 1. The highest BCUT2D eigenvalue weighted by molar-refractivity contribution is 5.95. The highest BCUT2D eigenvalue weighted by Gasteiger charge is 2.06. The number of pyridine rings is 1. The van der Waals surface area contributed by atoms with Gasteiger partial charge in [0.05, 0.1) is 0 Å². The fourth-order valence-corrected chi connectivity index (χ4v) is 2.95. The van der Waals surface area contributed by atoms with Crippen molar-refractivity contribution in [3.63, 3.8) is 0 Å². The zero-order valence-electron chi connectivity index (χ0n) is 12.5. The molecule has 23 heavy (non-hydrogen) atoms. The zero-order valence-corrected chi connectivity index (χ0v) is 12.5. The van der Waals surface area contributed by atoms with E-state index in [1.807, 2.05) is 18.2 Å². The Labute approximate surface area is 134 Å². The largest absolute Gasteiger partial charge is 0.506 e. The highest BCUT2D eigenvalue weighted by Crippen LogP contribution is 2.29. The lowest BCUT2D eigenvalue weighted by Gasteiger charge is -2.12. The summed E-state index contributed by atoms with van der Waals surface area (Å²) in [6.07, 6.45) is 1.69. The molecule has 2 N–H and O–H groups in total. The van der Waals surface area contributed by atoms with Crippen LogP contribution in [0, 0.1) is 0 Å². The Kier molecular flexibility index (Phi) is 3.31. The number of phenolic OH excluding ortho intramolecular Hbond substituents is 1. The van der Waals surface area contributed by atoms with E-state index in [-0.39, 0.29) is 5.75 Å². The van der Waals surface area contributed by atoms with E-state index in [0.29, 0.717) is 5.52 Å². The maximum Gasteiger partial charge on any atom is 0.141 e. The molecular weight excluding hydrogens is 284 g/mol. The molecule has 112 valence electrons. The van der Waals surface area contributed by atoms with Crippen molar-refractivity contribution in [1.82, 2.24) is 4.98 Å². The average molecular weight is 300 g/mol. The van der Waals surface area contributed by atoms with Crippen LogP contribution in [0.2, 0.25) is 0 Å². The number of rotatable bonds is 3. The van der Waals surface area contributed by atoms with Gasteiger partial charge in [-0.15, -0.1) is 0 Å². The van der Waals surface area contributed by atoms with Crippen molar-refractivity contribution < 1.29 is 5.11 Å². The standard InChI is InChI=1S/C20H16N2O/c23-19-11-10-18(17-9-4-12-21-20(17)19)22-13-15-7-3-6-14-5-1-2-8-16(14)15/h1-12,22-23H,13H2. The molecule has 4 rings (SSSR count). The minimum Gasteiger partial charge on any atom is -0.506 e. The zero-order chi connectivity index (χ0) is 15.6. The number of anilines is 1. The third kappa shape index (κ3) is 2.46. The SMILES string of the molecule is Oc1ccc(NCc2cccc3ccccc23)c2cccnc12. The van der Waals surface area contributed by atoms with Gasteiger partial charge in [-0.05, 0) is 40.6 Å². The quantitative estimate of drug-likeness (QED) is 0.539. The van der Waals surface area contributed by atoms with Crippen LogP contribution in [0.25, 0.3) is 21.7 Å². The highest BCUT2D eigenvalue weighted by atomic mass is 16.3. The molecule has 3 nitrogen and oxygen atoms in total. The Morgan fingerprint density at radius 1 is 0.826 bits per heavy atom. The molecule has 0 saturated heterocycles. The van der Waals surface area contributed by atoms with Crippen LogP contribution in [0.4, 0.5) is 5.69 Å². The fourth-order valence-electron chi connectivity index (χ4n) is 2.95. The third-order valence-corrected chi connectivity index (χ3v) is 4.10. The van der Waals surface area contributed by atoms with Crippen molar-refractivity contribution in [2.75, 3.05) is 5.32 Å². The van der Waals surface area contributed by atoms with E-state index in [4.69, 9.17) is 0 Å². The number of aromatic hydroxyl groups is 1. The average Bonchev–Trinajstić information content (AvgIpc) is 2.61. The summed E-state index contributed by atoms with van der Waals surface area (Å²) in [5, 5.41) is 16.8. The smallest absolute Gasteiger partial charge is 0.141 e. The number of nitrogens with one attached hydrogen (secondary N) is 1. The minimum atomic E-state index is 0.205. The maximum absolute atomic E-state index is 9.93. The van der Waals surface area contributed by atoms with Crippen LogP contribution in [0.3, 0.4) is 0 Å². The van der Waals surface area contributed by atoms with Gasteiger partial charge in [-0.3, -0.25) is 4.98 Å². The van der Waals surface area contributed by atoms with Gasteiger partial charge in [0.15, 0.2) is 0 Å². The lowest BCUT2D eigenvalue weighted by Crippen LogP contribution is -2.01. The molecule has 1 heterocycles. The van der Waals surface area contributed by atoms with E-state index in [2.05, 4.69) is 52.8 Å². The van der Waals surface area contributed by atoms with Gasteiger partial charge in [-0.25, -0.2) is 0 Å². The Bertz CT molecular complexity index is 990. The summed E-state index contributed by atoms with van der Waals surface area (Å²) in [4.78, 5) is 4.26. The summed E-state index contributed by atoms with van der Waals surface area (Å²) in [6.45, 7) is 0.718. The molecule has 0 bridgehead atoms. The van der Waals surface area contributed by atoms with Crippen LogP contribution < -0.4 is 5.32 Å². The van der Waals surface area contributed by atoms with Gasteiger partial charge in [-0.2, -0.15) is 0 Å².